The maximum absolute atomic E-state index is 11.9. The van der Waals surface area contributed by atoms with E-state index in [-0.39, 0.29) is 39.6 Å². The molecule has 322 valence electrons. The third-order valence-corrected chi connectivity index (χ3v) is 10.6. The van der Waals surface area contributed by atoms with E-state index < -0.39 is 61.4 Å². The van der Waals surface area contributed by atoms with Crippen LogP contribution in [-0.4, -0.2) is 91.4 Å². The zero-order chi connectivity index (χ0) is 42.1. The minimum Gasteiger partial charge on any atom is -0.387 e. The molecule has 0 bridgehead atoms. The van der Waals surface area contributed by atoms with Gasteiger partial charge in [0.1, 0.15) is 48.8 Å². The largest absolute Gasteiger partial charge is 0.387 e. The van der Waals surface area contributed by atoms with Crippen LogP contribution >= 0.6 is 0 Å². The Hall–Kier alpha value is -4.60. The van der Waals surface area contributed by atoms with Gasteiger partial charge in [0.25, 0.3) is 0 Å². The van der Waals surface area contributed by atoms with Crippen molar-refractivity contribution in [3.63, 3.8) is 0 Å². The van der Waals surface area contributed by atoms with Gasteiger partial charge in [-0.05, 0) is 27.8 Å². The van der Waals surface area contributed by atoms with Crippen molar-refractivity contribution in [2.45, 2.75) is 94.4 Å². The standard InChI is InChI=1S/C50H56O11/c1-2-28-55-45-43(51)41(34-53-29-36-18-8-3-9-19-36)60-50(48(45)58-33-40-26-16-7-17-27-40)61-44-42(35-54-30-37-20-10-4-11-21-37)59-49(52)47(57-32-39-24-14-6-15-25-39)46(44)56-31-38-22-12-5-13-23-38/h2-27,41-52H,1,28-35H2/t41-,42-,43+,44-,45+,46+,47-,48-,49-,50+/m1/s1. The van der Waals surface area contributed by atoms with E-state index in [4.69, 9.17) is 42.6 Å². The Morgan fingerprint density at radius 1 is 0.443 bits per heavy atom. The molecule has 7 rings (SSSR count). The van der Waals surface area contributed by atoms with E-state index in [1.165, 1.54) is 0 Å². The molecule has 0 amide bonds. The molecule has 2 heterocycles. The van der Waals surface area contributed by atoms with E-state index in [9.17, 15) is 10.2 Å². The summed E-state index contributed by atoms with van der Waals surface area (Å²) in [7, 11) is 0. The third-order valence-electron chi connectivity index (χ3n) is 10.6. The lowest BCUT2D eigenvalue weighted by Crippen LogP contribution is -2.66. The molecule has 5 aromatic rings. The first kappa shape index (κ1) is 44.5. The summed E-state index contributed by atoms with van der Waals surface area (Å²) >= 11 is 0. The number of aliphatic hydroxyl groups is 2. The van der Waals surface area contributed by atoms with Crippen LogP contribution in [0.1, 0.15) is 27.8 Å². The molecule has 61 heavy (non-hydrogen) atoms. The summed E-state index contributed by atoms with van der Waals surface area (Å²) in [5.74, 6) is 0. The summed E-state index contributed by atoms with van der Waals surface area (Å²) in [6.07, 6.45) is -8.65. The average molecular weight is 833 g/mol. The maximum atomic E-state index is 11.9. The van der Waals surface area contributed by atoms with Crippen molar-refractivity contribution in [1.82, 2.24) is 0 Å². The molecule has 2 N–H and O–H groups in total. The molecular weight excluding hydrogens is 777 g/mol. The molecule has 2 fully saturated rings. The van der Waals surface area contributed by atoms with E-state index in [0.717, 1.165) is 27.8 Å². The van der Waals surface area contributed by atoms with Crippen LogP contribution in [0.15, 0.2) is 164 Å². The van der Waals surface area contributed by atoms with Gasteiger partial charge in [-0.15, -0.1) is 6.58 Å². The molecular formula is C50H56O11. The molecule has 10 atom stereocenters. The molecule has 2 saturated heterocycles. The highest BCUT2D eigenvalue weighted by atomic mass is 16.7. The molecule has 11 nitrogen and oxygen atoms in total. The van der Waals surface area contributed by atoms with Crippen LogP contribution in [0.2, 0.25) is 0 Å². The summed E-state index contributed by atoms with van der Waals surface area (Å²) in [5.41, 5.74) is 4.66. The van der Waals surface area contributed by atoms with E-state index in [1.807, 2.05) is 152 Å². The van der Waals surface area contributed by atoms with E-state index >= 15 is 0 Å². The summed E-state index contributed by atoms with van der Waals surface area (Å²) in [5, 5.41) is 23.6. The van der Waals surface area contributed by atoms with Gasteiger partial charge >= 0.3 is 0 Å². The first-order chi connectivity index (χ1) is 30.1. The van der Waals surface area contributed by atoms with Gasteiger partial charge in [0.2, 0.25) is 0 Å². The fourth-order valence-corrected chi connectivity index (χ4v) is 7.43. The number of benzene rings is 5. The first-order valence-corrected chi connectivity index (χ1v) is 20.8. The second-order valence-electron chi connectivity index (χ2n) is 15.1. The van der Waals surface area contributed by atoms with Gasteiger partial charge in [0.15, 0.2) is 12.6 Å². The molecule has 0 aromatic heterocycles. The molecule has 0 aliphatic carbocycles. The second kappa shape index (κ2) is 23.6. The van der Waals surface area contributed by atoms with Gasteiger partial charge in [0, 0.05) is 0 Å². The van der Waals surface area contributed by atoms with Crippen LogP contribution in [0, 0.1) is 0 Å². The lowest BCUT2D eigenvalue weighted by Gasteiger charge is -2.49. The molecule has 0 unspecified atom stereocenters. The Balaban J connectivity index is 1.22. The molecule has 11 heteroatoms. The second-order valence-corrected chi connectivity index (χ2v) is 15.1. The minimum atomic E-state index is -1.41. The SMILES string of the molecule is C=CCO[C@H]1[C@@H](O)[C@@H](COCc2ccccc2)O[C@@H](O[C@H]2[C@H](OCc3ccccc3)[C@@H](OCc3ccccc3)[C@H](O)O[C@@H]2COCc2ccccc2)[C@@H]1OCc1ccccc1. The molecule has 2 aliphatic rings. The van der Waals surface area contributed by atoms with Gasteiger partial charge in [-0.3, -0.25) is 0 Å². The highest BCUT2D eigenvalue weighted by Crippen LogP contribution is 2.35. The Bertz CT molecular complexity index is 1960. The number of rotatable bonds is 22. The summed E-state index contributed by atoms with van der Waals surface area (Å²) in [6, 6.07) is 48.7. The zero-order valence-corrected chi connectivity index (χ0v) is 34.2. The monoisotopic (exact) mass is 832 g/mol. The third kappa shape index (κ3) is 13.0. The van der Waals surface area contributed by atoms with Gasteiger partial charge in [-0.1, -0.05) is 158 Å². The quantitative estimate of drug-likeness (QED) is 0.0706. The molecule has 0 radical (unpaired) electrons. The van der Waals surface area contributed by atoms with Crippen molar-refractivity contribution >= 4 is 0 Å². The van der Waals surface area contributed by atoms with Crippen LogP contribution in [0.4, 0.5) is 0 Å². The summed E-state index contributed by atoms with van der Waals surface area (Å²) in [6.45, 7) is 5.15. The normalized spacial score (nSPS) is 26.5. The predicted molar refractivity (Wildman–Crippen MR) is 228 cm³/mol. The van der Waals surface area contributed by atoms with Crippen molar-refractivity contribution in [2.24, 2.45) is 0 Å². The summed E-state index contributed by atoms with van der Waals surface area (Å²) in [4.78, 5) is 0. The van der Waals surface area contributed by atoms with E-state index in [0.29, 0.717) is 13.2 Å². The number of hydrogen-bond donors (Lipinski definition) is 2. The van der Waals surface area contributed by atoms with Gasteiger partial charge in [-0.25, -0.2) is 0 Å². The van der Waals surface area contributed by atoms with Crippen molar-refractivity contribution in [3.05, 3.63) is 192 Å². The topological polar surface area (TPSA) is 124 Å². The average Bonchev–Trinajstić information content (AvgIpc) is 3.30. The Labute approximate surface area is 358 Å². The molecule has 0 saturated carbocycles. The maximum Gasteiger partial charge on any atom is 0.187 e. The molecule has 2 aliphatic heterocycles. The zero-order valence-electron chi connectivity index (χ0n) is 34.2. The predicted octanol–water partition coefficient (Wildman–Crippen LogP) is 6.94. The number of aliphatic hydroxyl groups excluding tert-OH is 2. The Morgan fingerprint density at radius 3 is 1.31 bits per heavy atom. The van der Waals surface area contributed by atoms with Crippen LogP contribution in [-0.2, 0) is 75.7 Å². The lowest BCUT2D eigenvalue weighted by molar-refractivity contribution is -0.371. The van der Waals surface area contributed by atoms with Crippen molar-refractivity contribution in [3.8, 4) is 0 Å². The smallest absolute Gasteiger partial charge is 0.187 e. The molecule has 0 spiro atoms. The highest BCUT2D eigenvalue weighted by Gasteiger charge is 2.53. The fourth-order valence-electron chi connectivity index (χ4n) is 7.43. The van der Waals surface area contributed by atoms with Crippen molar-refractivity contribution in [1.29, 1.82) is 0 Å². The van der Waals surface area contributed by atoms with Crippen LogP contribution in [0.5, 0.6) is 0 Å². The lowest BCUT2D eigenvalue weighted by atomic mass is 9.96. The van der Waals surface area contributed by atoms with E-state index in [2.05, 4.69) is 6.58 Å². The van der Waals surface area contributed by atoms with E-state index in [1.54, 1.807) is 6.08 Å². The van der Waals surface area contributed by atoms with Crippen molar-refractivity contribution < 1.29 is 52.8 Å². The fraction of sp³-hybridized carbons (Fsp3) is 0.360. The minimum absolute atomic E-state index is 0.0233. The first-order valence-electron chi connectivity index (χ1n) is 20.8. The number of ether oxygens (including phenoxy) is 9. The molecule has 5 aromatic carbocycles. The van der Waals surface area contributed by atoms with Crippen LogP contribution in [0.3, 0.4) is 0 Å². The van der Waals surface area contributed by atoms with Crippen molar-refractivity contribution in [2.75, 3.05) is 19.8 Å². The Morgan fingerprint density at radius 2 is 0.852 bits per heavy atom. The Kier molecular flexibility index (Phi) is 17.2. The number of hydrogen-bond acceptors (Lipinski definition) is 11. The summed E-state index contributed by atoms with van der Waals surface area (Å²) < 4.78 is 58.7. The van der Waals surface area contributed by atoms with Gasteiger partial charge in [-0.2, -0.15) is 0 Å². The van der Waals surface area contributed by atoms with Crippen LogP contribution < -0.4 is 0 Å². The highest BCUT2D eigenvalue weighted by molar-refractivity contribution is 5.17. The van der Waals surface area contributed by atoms with Gasteiger partial charge < -0.3 is 52.8 Å². The van der Waals surface area contributed by atoms with Crippen LogP contribution in [0.25, 0.3) is 0 Å². The van der Waals surface area contributed by atoms with Gasteiger partial charge in [0.05, 0.1) is 52.9 Å².